The molecule has 1 fully saturated rings. The second-order valence-electron chi connectivity index (χ2n) is 5.05. The first kappa shape index (κ1) is 19.5. The van der Waals surface area contributed by atoms with Crippen LogP contribution >= 0.6 is 0 Å². The number of anilines is 1. The lowest BCUT2D eigenvalue weighted by atomic mass is 10.3. The summed E-state index contributed by atoms with van der Waals surface area (Å²) in [5, 5.41) is 3.12. The van der Waals surface area contributed by atoms with Crippen LogP contribution in [-0.4, -0.2) is 69.7 Å². The van der Waals surface area contributed by atoms with E-state index in [9.17, 15) is 18.0 Å². The highest BCUT2D eigenvalue weighted by molar-refractivity contribution is 7.62. The summed E-state index contributed by atoms with van der Waals surface area (Å²) in [6, 6.07) is 5.07. The summed E-state index contributed by atoms with van der Waals surface area (Å²) in [4.78, 5) is 26.4. The van der Waals surface area contributed by atoms with Gasteiger partial charge in [-0.2, -0.15) is 13.4 Å². The zero-order valence-electron chi connectivity index (χ0n) is 14.7. The second kappa shape index (κ2) is 8.01. The fourth-order valence-electron chi connectivity index (χ4n) is 2.60. The SMILES string of the molecule is CCN1C(=O)N(N(C)c2ccccc2OC)N(C(=O)N=S(=O)=O)C1OC. The molecule has 0 aliphatic carbocycles. The Morgan fingerprint density at radius 3 is 2.50 bits per heavy atom. The summed E-state index contributed by atoms with van der Waals surface area (Å²) in [6.07, 6.45) is -1.15. The van der Waals surface area contributed by atoms with Gasteiger partial charge >= 0.3 is 22.6 Å². The van der Waals surface area contributed by atoms with E-state index in [0.717, 1.165) is 10.1 Å². The zero-order valence-corrected chi connectivity index (χ0v) is 15.5. The molecular weight excluding hydrogens is 366 g/mol. The molecule has 1 aromatic rings. The van der Waals surface area contributed by atoms with Gasteiger partial charge in [0.05, 0.1) is 7.11 Å². The maximum absolute atomic E-state index is 12.8. The molecule has 142 valence electrons. The number of carbonyl (C=O) groups is 2. The molecule has 0 spiro atoms. The van der Waals surface area contributed by atoms with Crippen LogP contribution in [0.4, 0.5) is 15.3 Å². The molecule has 2 rings (SSSR count). The Balaban J connectivity index is 2.55. The molecule has 0 aromatic heterocycles. The van der Waals surface area contributed by atoms with Gasteiger partial charge in [-0.3, -0.25) is 9.91 Å². The summed E-state index contributed by atoms with van der Waals surface area (Å²) in [7, 11) is 1.30. The van der Waals surface area contributed by atoms with Crippen LogP contribution in [-0.2, 0) is 15.2 Å². The number of methoxy groups -OCH3 is 2. The van der Waals surface area contributed by atoms with Gasteiger partial charge in [-0.25, -0.2) is 9.59 Å². The summed E-state index contributed by atoms with van der Waals surface area (Å²) in [5.74, 6) is 0.448. The zero-order chi connectivity index (χ0) is 19.4. The van der Waals surface area contributed by atoms with Crippen LogP contribution in [0.1, 0.15) is 6.92 Å². The van der Waals surface area contributed by atoms with Crippen LogP contribution in [0.2, 0.25) is 0 Å². The predicted octanol–water partition coefficient (Wildman–Crippen LogP) is 1.13. The summed E-state index contributed by atoms with van der Waals surface area (Å²) in [6.45, 7) is 1.92. The van der Waals surface area contributed by atoms with Crippen LogP contribution in [0.15, 0.2) is 28.6 Å². The van der Waals surface area contributed by atoms with Crippen LogP contribution in [0.5, 0.6) is 5.75 Å². The van der Waals surface area contributed by atoms with E-state index in [4.69, 9.17) is 9.47 Å². The van der Waals surface area contributed by atoms with Crippen LogP contribution in [0.3, 0.4) is 0 Å². The Labute approximate surface area is 151 Å². The second-order valence-corrected chi connectivity index (χ2v) is 5.67. The molecule has 26 heavy (non-hydrogen) atoms. The third-order valence-electron chi connectivity index (χ3n) is 3.71. The smallest absolute Gasteiger partial charge is 0.383 e. The summed E-state index contributed by atoms with van der Waals surface area (Å²) >= 11 is 0. The van der Waals surface area contributed by atoms with Crippen LogP contribution in [0, 0.1) is 0 Å². The molecule has 0 saturated carbocycles. The Morgan fingerprint density at radius 2 is 1.96 bits per heavy atom. The summed E-state index contributed by atoms with van der Waals surface area (Å²) in [5.41, 5.74) is 0.470. The Kier molecular flexibility index (Phi) is 6.00. The summed E-state index contributed by atoms with van der Waals surface area (Å²) < 4.78 is 35.1. The molecule has 4 amide bonds. The number of nitrogens with zero attached hydrogens (tertiary/aromatic N) is 5. The topological polar surface area (TPSA) is 112 Å². The molecule has 1 saturated heterocycles. The molecule has 0 bridgehead atoms. The van der Waals surface area contributed by atoms with Crippen molar-refractivity contribution in [3.8, 4) is 5.75 Å². The van der Waals surface area contributed by atoms with Gasteiger partial charge in [0.2, 0.25) is 6.35 Å². The van der Waals surface area contributed by atoms with Gasteiger partial charge in [-0.1, -0.05) is 16.5 Å². The van der Waals surface area contributed by atoms with Gasteiger partial charge in [0.15, 0.2) is 0 Å². The van der Waals surface area contributed by atoms with E-state index in [2.05, 4.69) is 4.36 Å². The minimum absolute atomic E-state index is 0.220. The number of hydrogen-bond donors (Lipinski definition) is 0. The van der Waals surface area contributed by atoms with E-state index in [1.54, 1.807) is 31.2 Å². The fourth-order valence-corrected chi connectivity index (χ4v) is 2.81. The molecule has 1 unspecified atom stereocenters. The van der Waals surface area contributed by atoms with Crippen LogP contribution < -0.4 is 9.75 Å². The minimum atomic E-state index is -2.98. The number of carbonyl (C=O) groups excluding carboxylic acids is 2. The van der Waals surface area contributed by atoms with E-state index >= 15 is 0 Å². The van der Waals surface area contributed by atoms with Gasteiger partial charge < -0.3 is 9.47 Å². The van der Waals surface area contributed by atoms with E-state index < -0.39 is 28.9 Å². The highest BCUT2D eigenvalue weighted by atomic mass is 32.2. The quantitative estimate of drug-likeness (QED) is 0.747. The Hall–Kier alpha value is -2.86. The molecule has 1 atom stereocenters. The number of benzene rings is 1. The lowest BCUT2D eigenvalue weighted by Gasteiger charge is -2.34. The van der Waals surface area contributed by atoms with Crippen molar-refractivity contribution in [2.45, 2.75) is 13.3 Å². The van der Waals surface area contributed by atoms with Crippen molar-refractivity contribution in [1.82, 2.24) is 15.0 Å². The number of rotatable bonds is 5. The number of hydrazine groups is 2. The van der Waals surface area contributed by atoms with Crippen molar-refractivity contribution in [3.63, 3.8) is 0 Å². The van der Waals surface area contributed by atoms with Gasteiger partial charge in [-0.15, -0.1) is 5.12 Å². The minimum Gasteiger partial charge on any atom is -0.495 e. The molecule has 1 aromatic carbocycles. The molecule has 1 heterocycles. The molecule has 1 aliphatic rings. The molecule has 1 aliphatic heterocycles. The van der Waals surface area contributed by atoms with Crippen molar-refractivity contribution in [2.24, 2.45) is 4.36 Å². The number of ether oxygens (including phenoxy) is 2. The first-order valence-corrected chi connectivity index (χ1v) is 8.54. The third kappa shape index (κ3) is 3.41. The lowest BCUT2D eigenvalue weighted by Crippen LogP contribution is -2.53. The number of para-hydroxylation sites is 2. The molecule has 12 heteroatoms. The van der Waals surface area contributed by atoms with Crippen molar-refractivity contribution >= 4 is 28.3 Å². The Bertz CT molecular complexity index is 821. The number of urea groups is 2. The monoisotopic (exact) mass is 385 g/mol. The van der Waals surface area contributed by atoms with Crippen molar-refractivity contribution in [2.75, 3.05) is 32.8 Å². The van der Waals surface area contributed by atoms with Gasteiger partial charge in [-0.05, 0) is 19.1 Å². The first-order valence-electron chi connectivity index (χ1n) is 7.51. The first-order chi connectivity index (χ1) is 12.4. The lowest BCUT2D eigenvalue weighted by molar-refractivity contribution is -0.102. The highest BCUT2D eigenvalue weighted by Crippen LogP contribution is 2.32. The van der Waals surface area contributed by atoms with E-state index in [0.29, 0.717) is 11.4 Å². The van der Waals surface area contributed by atoms with E-state index in [-0.39, 0.29) is 6.54 Å². The molecule has 0 N–H and O–H groups in total. The third-order valence-corrected chi connectivity index (χ3v) is 4.02. The fraction of sp³-hybridized carbons (Fsp3) is 0.429. The largest absolute Gasteiger partial charge is 0.495 e. The maximum atomic E-state index is 12.8. The standard InChI is InChI=1S/C14H19N5O6S/c1-5-17-13(21)19(16(2)10-8-6-7-9-11(10)24-3)18(14(17)25-4)12(20)15-26(22)23/h6-9,14H,5H2,1-4H3. The van der Waals surface area contributed by atoms with Crippen molar-refractivity contribution in [3.05, 3.63) is 24.3 Å². The van der Waals surface area contributed by atoms with E-state index in [1.807, 2.05) is 0 Å². The van der Waals surface area contributed by atoms with Crippen LogP contribution in [0.25, 0.3) is 0 Å². The van der Waals surface area contributed by atoms with Crippen molar-refractivity contribution in [1.29, 1.82) is 0 Å². The maximum Gasteiger partial charge on any atom is 0.383 e. The van der Waals surface area contributed by atoms with Gasteiger partial charge in [0.25, 0.3) is 0 Å². The molecule has 11 nitrogen and oxygen atoms in total. The average molecular weight is 385 g/mol. The average Bonchev–Trinajstić information content (AvgIpc) is 2.91. The van der Waals surface area contributed by atoms with Gasteiger partial charge in [0.1, 0.15) is 11.4 Å². The molecular formula is C14H19N5O6S. The van der Waals surface area contributed by atoms with E-state index in [1.165, 1.54) is 31.2 Å². The normalized spacial score (nSPS) is 16.7. The predicted molar refractivity (Wildman–Crippen MR) is 90.4 cm³/mol. The molecule has 0 radical (unpaired) electrons. The Morgan fingerprint density at radius 1 is 1.31 bits per heavy atom. The number of hydrogen-bond acceptors (Lipinski definition) is 7. The van der Waals surface area contributed by atoms with Gasteiger partial charge in [0, 0.05) is 20.7 Å². The highest BCUT2D eigenvalue weighted by Gasteiger charge is 2.49. The van der Waals surface area contributed by atoms with Crippen molar-refractivity contribution < 1.29 is 27.5 Å². The number of amides is 4.